The Kier molecular flexibility index (Phi) is 2.23. The molecule has 3 heteroatoms. The largest absolute Gasteiger partial charge is 0.504 e. The molecule has 0 saturated heterocycles. The zero-order chi connectivity index (χ0) is 12.9. The third-order valence-corrected chi connectivity index (χ3v) is 3.65. The van der Waals surface area contributed by atoms with Gasteiger partial charge in [0.25, 0.3) is 0 Å². The predicted molar refractivity (Wildman–Crippen MR) is 73.5 cm³/mol. The number of para-hydroxylation sites is 1. The summed E-state index contributed by atoms with van der Waals surface area (Å²) in [7, 11) is 1.59. The van der Waals surface area contributed by atoms with Crippen LogP contribution >= 0.6 is 0 Å². The Labute approximate surface area is 105 Å². The molecule has 0 aliphatic carbocycles. The van der Waals surface area contributed by atoms with Crippen LogP contribution in [0.1, 0.15) is 11.1 Å². The smallest absolute Gasteiger partial charge is 0.170 e. The van der Waals surface area contributed by atoms with Crippen molar-refractivity contribution in [2.45, 2.75) is 13.8 Å². The number of hydrogen-bond acceptors (Lipinski definition) is 2. The molecule has 0 aliphatic heterocycles. The van der Waals surface area contributed by atoms with Gasteiger partial charge in [-0.15, -0.1) is 0 Å². The number of aromatic amines is 1. The quantitative estimate of drug-likeness (QED) is 0.683. The van der Waals surface area contributed by atoms with Gasteiger partial charge < -0.3 is 14.8 Å². The third-order valence-electron chi connectivity index (χ3n) is 3.65. The zero-order valence-corrected chi connectivity index (χ0v) is 10.7. The van der Waals surface area contributed by atoms with Gasteiger partial charge in [-0.25, -0.2) is 0 Å². The molecule has 92 valence electrons. The van der Waals surface area contributed by atoms with Crippen LogP contribution in [0.4, 0.5) is 0 Å². The summed E-state index contributed by atoms with van der Waals surface area (Å²) >= 11 is 0. The first-order chi connectivity index (χ1) is 8.65. The Bertz CT molecular complexity index is 756. The van der Waals surface area contributed by atoms with E-state index in [1.54, 1.807) is 7.11 Å². The van der Waals surface area contributed by atoms with Gasteiger partial charge in [-0.3, -0.25) is 0 Å². The van der Waals surface area contributed by atoms with E-state index in [2.05, 4.69) is 4.98 Å². The minimum atomic E-state index is 0.229. The van der Waals surface area contributed by atoms with Crippen LogP contribution in [0.2, 0.25) is 0 Å². The van der Waals surface area contributed by atoms with Crippen molar-refractivity contribution < 1.29 is 9.84 Å². The highest BCUT2D eigenvalue weighted by molar-refractivity contribution is 6.12. The van der Waals surface area contributed by atoms with Crippen molar-refractivity contribution in [1.82, 2.24) is 4.98 Å². The zero-order valence-electron chi connectivity index (χ0n) is 10.7. The van der Waals surface area contributed by atoms with Crippen molar-refractivity contribution in [2.75, 3.05) is 7.11 Å². The molecular weight excluding hydrogens is 226 g/mol. The number of nitrogens with one attached hydrogen (secondary N) is 1. The molecule has 2 N–H and O–H groups in total. The Morgan fingerprint density at radius 3 is 2.56 bits per heavy atom. The van der Waals surface area contributed by atoms with Gasteiger partial charge in [0.05, 0.1) is 18.0 Å². The molecular formula is C15H15NO2. The number of phenolic OH excluding ortho intramolecular Hbond substituents is 1. The molecule has 1 heterocycles. The minimum absolute atomic E-state index is 0.229. The van der Waals surface area contributed by atoms with Gasteiger partial charge in [0.1, 0.15) is 0 Å². The second kappa shape index (κ2) is 3.67. The highest BCUT2D eigenvalue weighted by Crippen LogP contribution is 2.43. The summed E-state index contributed by atoms with van der Waals surface area (Å²) in [5.41, 5.74) is 3.99. The molecule has 0 unspecified atom stereocenters. The van der Waals surface area contributed by atoms with Gasteiger partial charge in [-0.05, 0) is 31.0 Å². The number of benzene rings is 2. The van der Waals surface area contributed by atoms with Gasteiger partial charge in [-0.1, -0.05) is 18.2 Å². The number of aryl methyl sites for hydroxylation is 1. The topological polar surface area (TPSA) is 45.2 Å². The van der Waals surface area contributed by atoms with E-state index < -0.39 is 0 Å². The van der Waals surface area contributed by atoms with E-state index >= 15 is 0 Å². The lowest BCUT2D eigenvalue weighted by Crippen LogP contribution is -1.91. The van der Waals surface area contributed by atoms with Gasteiger partial charge in [-0.2, -0.15) is 0 Å². The van der Waals surface area contributed by atoms with Crippen LogP contribution < -0.4 is 4.74 Å². The van der Waals surface area contributed by atoms with E-state index in [0.29, 0.717) is 5.75 Å². The first-order valence-corrected chi connectivity index (χ1v) is 5.91. The SMILES string of the molecule is COc1c(O)c(C)c(C)c2[nH]c3ccccc3c12. The lowest BCUT2D eigenvalue weighted by Gasteiger charge is -2.11. The van der Waals surface area contributed by atoms with Gasteiger partial charge in [0.15, 0.2) is 11.5 Å². The van der Waals surface area contributed by atoms with Crippen molar-refractivity contribution in [1.29, 1.82) is 0 Å². The van der Waals surface area contributed by atoms with E-state index in [-0.39, 0.29) is 5.75 Å². The maximum Gasteiger partial charge on any atom is 0.170 e. The molecule has 3 rings (SSSR count). The van der Waals surface area contributed by atoms with Crippen molar-refractivity contribution in [3.05, 3.63) is 35.4 Å². The van der Waals surface area contributed by atoms with E-state index in [0.717, 1.165) is 32.9 Å². The lowest BCUT2D eigenvalue weighted by molar-refractivity contribution is 0.376. The predicted octanol–water partition coefficient (Wildman–Crippen LogP) is 3.65. The molecule has 1 aromatic heterocycles. The van der Waals surface area contributed by atoms with Crippen molar-refractivity contribution >= 4 is 21.8 Å². The number of methoxy groups -OCH3 is 1. The summed E-state index contributed by atoms with van der Waals surface area (Å²) < 4.78 is 5.39. The maximum atomic E-state index is 10.2. The molecule has 0 radical (unpaired) electrons. The Balaban J connectivity index is 2.64. The fourth-order valence-corrected chi connectivity index (χ4v) is 2.51. The molecule has 2 aromatic carbocycles. The second-order valence-electron chi connectivity index (χ2n) is 4.55. The second-order valence-corrected chi connectivity index (χ2v) is 4.55. The number of ether oxygens (including phenoxy) is 1. The van der Waals surface area contributed by atoms with Gasteiger partial charge in [0, 0.05) is 10.9 Å². The number of hydrogen-bond donors (Lipinski definition) is 2. The number of H-pyrrole nitrogens is 1. The van der Waals surface area contributed by atoms with Crippen LogP contribution in [0.25, 0.3) is 21.8 Å². The molecule has 0 spiro atoms. The molecule has 0 saturated carbocycles. The van der Waals surface area contributed by atoms with Crippen LogP contribution in [-0.2, 0) is 0 Å². The van der Waals surface area contributed by atoms with Crippen molar-refractivity contribution in [2.24, 2.45) is 0 Å². The lowest BCUT2D eigenvalue weighted by atomic mass is 10.0. The number of phenols is 1. The highest BCUT2D eigenvalue weighted by Gasteiger charge is 2.18. The summed E-state index contributed by atoms with van der Waals surface area (Å²) in [6, 6.07) is 8.04. The van der Waals surface area contributed by atoms with E-state index in [1.807, 2.05) is 38.1 Å². The standard InChI is InChI=1S/C15H15NO2/c1-8-9(2)14(17)15(18-3)12-10-6-4-5-7-11(10)16-13(8)12/h4-7,16-17H,1-3H3. The monoisotopic (exact) mass is 241 g/mol. The maximum absolute atomic E-state index is 10.2. The summed E-state index contributed by atoms with van der Waals surface area (Å²) in [6.07, 6.45) is 0. The summed E-state index contributed by atoms with van der Waals surface area (Å²) in [6.45, 7) is 3.91. The van der Waals surface area contributed by atoms with E-state index in [9.17, 15) is 5.11 Å². The van der Waals surface area contributed by atoms with Crippen molar-refractivity contribution in [3.63, 3.8) is 0 Å². The normalized spacial score (nSPS) is 11.3. The fraction of sp³-hybridized carbons (Fsp3) is 0.200. The van der Waals surface area contributed by atoms with Crippen LogP contribution in [-0.4, -0.2) is 17.2 Å². The third kappa shape index (κ3) is 1.24. The molecule has 0 fully saturated rings. The number of fused-ring (bicyclic) bond motifs is 3. The van der Waals surface area contributed by atoms with Crippen LogP contribution in [0.5, 0.6) is 11.5 Å². The van der Waals surface area contributed by atoms with Crippen molar-refractivity contribution in [3.8, 4) is 11.5 Å². The molecule has 0 aliphatic rings. The molecule has 0 atom stereocenters. The number of aromatic nitrogens is 1. The highest BCUT2D eigenvalue weighted by atomic mass is 16.5. The molecule has 18 heavy (non-hydrogen) atoms. The average molecular weight is 241 g/mol. The molecule has 3 nitrogen and oxygen atoms in total. The van der Waals surface area contributed by atoms with Crippen LogP contribution in [0.3, 0.4) is 0 Å². The fourth-order valence-electron chi connectivity index (χ4n) is 2.51. The summed E-state index contributed by atoms with van der Waals surface area (Å²) in [4.78, 5) is 3.40. The number of rotatable bonds is 1. The molecule has 3 aromatic rings. The van der Waals surface area contributed by atoms with E-state index in [1.165, 1.54) is 0 Å². The first-order valence-electron chi connectivity index (χ1n) is 5.91. The summed E-state index contributed by atoms with van der Waals surface area (Å²) in [5.74, 6) is 0.776. The van der Waals surface area contributed by atoms with E-state index in [4.69, 9.17) is 4.74 Å². The molecule has 0 amide bonds. The van der Waals surface area contributed by atoms with Crippen LogP contribution in [0, 0.1) is 13.8 Å². The number of aromatic hydroxyl groups is 1. The summed E-state index contributed by atoms with van der Waals surface area (Å²) in [5, 5.41) is 12.2. The molecule has 0 bridgehead atoms. The van der Waals surface area contributed by atoms with Gasteiger partial charge in [0.2, 0.25) is 0 Å². The first kappa shape index (κ1) is 11.0. The Morgan fingerprint density at radius 1 is 1.11 bits per heavy atom. The van der Waals surface area contributed by atoms with Crippen LogP contribution in [0.15, 0.2) is 24.3 Å². The average Bonchev–Trinajstić information content (AvgIpc) is 2.77. The van der Waals surface area contributed by atoms with Gasteiger partial charge >= 0.3 is 0 Å². The minimum Gasteiger partial charge on any atom is -0.504 e. The Morgan fingerprint density at radius 2 is 1.83 bits per heavy atom. The Hall–Kier alpha value is -2.16.